The van der Waals surface area contributed by atoms with E-state index >= 15 is 0 Å². The molecule has 1 amide bonds. The summed E-state index contributed by atoms with van der Waals surface area (Å²) in [6.45, 7) is -0.367. The van der Waals surface area contributed by atoms with Gasteiger partial charge in [-0.05, 0) is 36.2 Å². The Morgan fingerprint density at radius 1 is 1.15 bits per heavy atom. The van der Waals surface area contributed by atoms with Crippen LogP contribution in [-0.4, -0.2) is 24.3 Å². The zero-order valence-corrected chi connectivity index (χ0v) is 15.7. The summed E-state index contributed by atoms with van der Waals surface area (Å²) in [7, 11) is 0. The highest BCUT2D eigenvalue weighted by Gasteiger charge is 2.21. The molecule has 2 heterocycles. The van der Waals surface area contributed by atoms with E-state index in [0.29, 0.717) is 28.3 Å². The zero-order valence-electron chi connectivity index (χ0n) is 14.1. The van der Waals surface area contributed by atoms with Crippen molar-refractivity contribution in [1.82, 2.24) is 0 Å². The van der Waals surface area contributed by atoms with Crippen LogP contribution < -0.4 is 5.32 Å². The van der Waals surface area contributed by atoms with Crippen LogP contribution in [0.4, 0.5) is 5.69 Å². The maximum atomic E-state index is 12.4. The number of aryl methyl sites for hydroxylation is 1. The number of Topliss-reactive ketones (excluding diaryl/α,β-unsaturated/α-hetero) is 1. The van der Waals surface area contributed by atoms with E-state index in [2.05, 4.69) is 5.32 Å². The summed E-state index contributed by atoms with van der Waals surface area (Å²) in [6, 6.07) is 12.5. The minimum atomic E-state index is -0.611. The molecule has 5 nitrogen and oxygen atoms in total. The van der Waals surface area contributed by atoms with Crippen molar-refractivity contribution in [2.24, 2.45) is 0 Å². The fraction of sp³-hybridized carbons (Fsp3) is 0.150. The van der Waals surface area contributed by atoms with Gasteiger partial charge in [0.1, 0.15) is 4.88 Å². The van der Waals surface area contributed by atoms with Crippen LogP contribution in [0.1, 0.15) is 32.0 Å². The minimum absolute atomic E-state index is 0.0317. The van der Waals surface area contributed by atoms with Crippen LogP contribution in [0.25, 0.3) is 10.1 Å². The molecule has 1 aromatic heterocycles. The summed E-state index contributed by atoms with van der Waals surface area (Å²) in [6.07, 6.45) is 0.976. The van der Waals surface area contributed by atoms with Crippen LogP contribution in [0.2, 0.25) is 5.02 Å². The Balaban J connectivity index is 1.46. The van der Waals surface area contributed by atoms with Crippen molar-refractivity contribution in [3.63, 3.8) is 0 Å². The molecular weight excluding hydrogens is 386 g/mol. The number of carbonyl (C=O) groups is 3. The summed E-state index contributed by atoms with van der Waals surface area (Å²) in [5.41, 5.74) is 2.07. The Morgan fingerprint density at radius 2 is 1.96 bits per heavy atom. The Hall–Kier alpha value is -2.70. The van der Waals surface area contributed by atoms with E-state index in [0.717, 1.165) is 21.3 Å². The molecule has 4 rings (SSSR count). The molecule has 0 aliphatic carbocycles. The average molecular weight is 400 g/mol. The number of ketones is 1. The third kappa shape index (κ3) is 3.46. The highest BCUT2D eigenvalue weighted by Crippen LogP contribution is 2.35. The molecule has 0 spiro atoms. The number of esters is 1. The predicted octanol–water partition coefficient (Wildman–Crippen LogP) is 4.48. The highest BCUT2D eigenvalue weighted by molar-refractivity contribution is 7.21. The molecule has 0 unspecified atom stereocenters. The van der Waals surface area contributed by atoms with Crippen LogP contribution in [-0.2, 0) is 16.0 Å². The van der Waals surface area contributed by atoms with Gasteiger partial charge in [0.05, 0.1) is 5.02 Å². The Morgan fingerprint density at radius 3 is 2.78 bits per heavy atom. The summed E-state index contributed by atoms with van der Waals surface area (Å²) in [5.74, 6) is -0.948. The van der Waals surface area contributed by atoms with Crippen LogP contribution in [0.15, 0.2) is 42.5 Å². The quantitative estimate of drug-likeness (QED) is 0.518. The monoisotopic (exact) mass is 399 g/mol. The molecule has 7 heteroatoms. The first-order valence-corrected chi connectivity index (χ1v) is 9.52. The number of ether oxygens (including phenoxy) is 1. The second-order valence-corrected chi connectivity index (χ2v) is 7.59. The second-order valence-electron chi connectivity index (χ2n) is 6.16. The van der Waals surface area contributed by atoms with Crippen LogP contribution >= 0.6 is 22.9 Å². The van der Waals surface area contributed by atoms with Gasteiger partial charge < -0.3 is 10.1 Å². The van der Waals surface area contributed by atoms with Gasteiger partial charge in [-0.1, -0.05) is 29.8 Å². The Bertz CT molecular complexity index is 1090. The van der Waals surface area contributed by atoms with Gasteiger partial charge in [-0.15, -0.1) is 11.3 Å². The third-order valence-electron chi connectivity index (χ3n) is 4.38. The topological polar surface area (TPSA) is 72.5 Å². The molecule has 0 saturated heterocycles. The molecule has 136 valence electrons. The van der Waals surface area contributed by atoms with Crippen LogP contribution in [0.3, 0.4) is 0 Å². The molecule has 3 aromatic rings. The molecule has 0 saturated carbocycles. The highest BCUT2D eigenvalue weighted by atomic mass is 35.5. The number of rotatable bonds is 4. The van der Waals surface area contributed by atoms with E-state index in [1.807, 2.05) is 24.3 Å². The number of amides is 1. The fourth-order valence-electron chi connectivity index (χ4n) is 2.98. The van der Waals surface area contributed by atoms with Gasteiger partial charge in [-0.3, -0.25) is 9.59 Å². The first-order chi connectivity index (χ1) is 13.0. The first-order valence-electron chi connectivity index (χ1n) is 8.33. The van der Waals surface area contributed by atoms with Gasteiger partial charge >= 0.3 is 5.97 Å². The summed E-state index contributed by atoms with van der Waals surface area (Å²) in [4.78, 5) is 36.4. The van der Waals surface area contributed by atoms with Gasteiger partial charge in [0, 0.05) is 27.8 Å². The van der Waals surface area contributed by atoms with E-state index in [9.17, 15) is 14.4 Å². The van der Waals surface area contributed by atoms with Gasteiger partial charge in [0.25, 0.3) is 0 Å². The predicted molar refractivity (Wildman–Crippen MR) is 105 cm³/mol. The molecule has 0 fully saturated rings. The van der Waals surface area contributed by atoms with Crippen molar-refractivity contribution in [3.05, 3.63) is 63.5 Å². The molecule has 1 aliphatic rings. The van der Waals surface area contributed by atoms with Crippen molar-refractivity contribution in [2.45, 2.75) is 12.8 Å². The molecule has 27 heavy (non-hydrogen) atoms. The first kappa shape index (κ1) is 17.7. The number of carbonyl (C=O) groups excluding carboxylic acids is 3. The summed E-state index contributed by atoms with van der Waals surface area (Å²) < 4.78 is 6.07. The fourth-order valence-corrected chi connectivity index (χ4v) is 4.38. The number of fused-ring (bicyclic) bond motifs is 2. The molecule has 0 atom stereocenters. The number of hydrogen-bond acceptors (Lipinski definition) is 5. The smallest absolute Gasteiger partial charge is 0.350 e. The molecule has 1 N–H and O–H groups in total. The minimum Gasteiger partial charge on any atom is -0.453 e. The average Bonchev–Trinajstić information content (AvgIpc) is 3.02. The van der Waals surface area contributed by atoms with E-state index in [1.165, 1.54) is 11.3 Å². The number of benzene rings is 2. The Kier molecular flexibility index (Phi) is 4.68. The van der Waals surface area contributed by atoms with Crippen LogP contribution in [0, 0.1) is 0 Å². The standard InChI is InChI=1S/C20H14ClNO4S/c21-18-13-3-1-2-4-16(13)27-19(18)20(25)26-10-15(23)12-5-7-14-11(9-12)6-8-17(24)22-14/h1-5,7,9H,6,8,10H2,(H,22,24). The van der Waals surface area contributed by atoms with Gasteiger partial charge in [0.15, 0.2) is 12.4 Å². The largest absolute Gasteiger partial charge is 0.453 e. The lowest BCUT2D eigenvalue weighted by atomic mass is 9.99. The molecule has 0 radical (unpaired) electrons. The van der Waals surface area contributed by atoms with Gasteiger partial charge in [0.2, 0.25) is 5.91 Å². The lowest BCUT2D eigenvalue weighted by molar-refractivity contribution is -0.116. The van der Waals surface area contributed by atoms with E-state index < -0.39 is 5.97 Å². The molecule has 1 aliphatic heterocycles. The van der Waals surface area contributed by atoms with Crippen molar-refractivity contribution in [1.29, 1.82) is 0 Å². The Labute approximate surface area is 163 Å². The van der Waals surface area contributed by atoms with Gasteiger partial charge in [-0.2, -0.15) is 0 Å². The second kappa shape index (κ2) is 7.13. The molecular formula is C20H14ClNO4S. The SMILES string of the molecule is O=C1CCc2cc(C(=O)COC(=O)c3sc4ccccc4c3Cl)ccc2N1. The van der Waals surface area contributed by atoms with Gasteiger partial charge in [-0.25, -0.2) is 4.79 Å². The van der Waals surface area contributed by atoms with Crippen molar-refractivity contribution in [3.8, 4) is 0 Å². The normalized spacial score (nSPS) is 13.1. The molecule has 2 aromatic carbocycles. The third-order valence-corrected chi connectivity index (χ3v) is 6.03. The lowest BCUT2D eigenvalue weighted by Gasteiger charge is -2.17. The zero-order chi connectivity index (χ0) is 19.0. The summed E-state index contributed by atoms with van der Waals surface area (Å²) in [5, 5.41) is 3.90. The number of hydrogen-bond donors (Lipinski definition) is 1. The maximum Gasteiger partial charge on any atom is 0.350 e. The van der Waals surface area contributed by atoms with E-state index in [4.69, 9.17) is 16.3 Å². The molecule has 0 bridgehead atoms. The van der Waals surface area contributed by atoms with Crippen molar-refractivity contribution >= 4 is 56.4 Å². The van der Waals surface area contributed by atoms with Crippen molar-refractivity contribution in [2.75, 3.05) is 11.9 Å². The lowest BCUT2D eigenvalue weighted by Crippen LogP contribution is -2.20. The number of anilines is 1. The van der Waals surface area contributed by atoms with E-state index in [-0.39, 0.29) is 18.3 Å². The number of nitrogens with one attached hydrogen (secondary N) is 1. The van der Waals surface area contributed by atoms with Crippen molar-refractivity contribution < 1.29 is 19.1 Å². The van der Waals surface area contributed by atoms with E-state index in [1.54, 1.807) is 18.2 Å². The maximum absolute atomic E-state index is 12.4. The summed E-state index contributed by atoms with van der Waals surface area (Å²) >= 11 is 7.51. The van der Waals surface area contributed by atoms with Crippen LogP contribution in [0.5, 0.6) is 0 Å². The number of halogens is 1. The number of thiophene rings is 1.